The molecule has 2 aromatic heterocycles. The number of nitrogens with zero attached hydrogens (tertiary/aromatic N) is 2. The van der Waals surface area contributed by atoms with E-state index in [0.29, 0.717) is 16.2 Å². The van der Waals surface area contributed by atoms with Gasteiger partial charge in [-0.3, -0.25) is 29.9 Å². The molecule has 3 rings (SSSR count). The Morgan fingerprint density at radius 3 is 2.48 bits per heavy atom. The summed E-state index contributed by atoms with van der Waals surface area (Å²) < 4.78 is 1.63. The Balaban J connectivity index is 1.58. The standard InChI is InChI=1S/C20H22ClN5O3/c1-11-15(20(29)22-19-18(11)12(2)25-26(19)3)8-9-16(27)23-24-17(28)10-13-4-6-14(21)7-5-13/h4-7H,8-10H2,1-3H3,(H,22,29)(H,23,27)(H,24,28). The third-order valence-corrected chi connectivity index (χ3v) is 5.03. The summed E-state index contributed by atoms with van der Waals surface area (Å²) in [5.74, 6) is -0.724. The van der Waals surface area contributed by atoms with Crippen LogP contribution in [0.25, 0.3) is 11.0 Å². The largest absolute Gasteiger partial charge is 0.307 e. The minimum Gasteiger partial charge on any atom is -0.307 e. The van der Waals surface area contributed by atoms with Crippen molar-refractivity contribution < 1.29 is 9.59 Å². The number of hydrogen-bond donors (Lipinski definition) is 3. The number of halogens is 1. The number of nitrogens with one attached hydrogen (secondary N) is 3. The van der Waals surface area contributed by atoms with Gasteiger partial charge in [0.05, 0.1) is 12.1 Å². The zero-order valence-corrected chi connectivity index (χ0v) is 17.2. The van der Waals surface area contributed by atoms with E-state index in [-0.39, 0.29) is 36.6 Å². The van der Waals surface area contributed by atoms with E-state index in [1.165, 1.54) is 0 Å². The normalized spacial score (nSPS) is 10.9. The minimum atomic E-state index is -0.378. The molecule has 152 valence electrons. The van der Waals surface area contributed by atoms with Crippen LogP contribution in [0.1, 0.15) is 28.8 Å². The Morgan fingerprint density at radius 2 is 1.79 bits per heavy atom. The molecule has 0 saturated carbocycles. The molecule has 8 nitrogen and oxygen atoms in total. The second kappa shape index (κ2) is 8.48. The fraction of sp³-hybridized carbons (Fsp3) is 0.300. The molecule has 0 fully saturated rings. The summed E-state index contributed by atoms with van der Waals surface area (Å²) in [7, 11) is 1.77. The molecule has 0 saturated heterocycles. The predicted octanol–water partition coefficient (Wildman–Crippen LogP) is 1.85. The topological polar surface area (TPSA) is 109 Å². The molecule has 2 heterocycles. The number of aromatic amines is 1. The summed E-state index contributed by atoms with van der Waals surface area (Å²) in [5.41, 5.74) is 8.14. The molecule has 0 aliphatic rings. The number of hydrazine groups is 1. The summed E-state index contributed by atoms with van der Waals surface area (Å²) in [6, 6.07) is 6.89. The molecule has 1 aromatic carbocycles. The van der Waals surface area contributed by atoms with Gasteiger partial charge in [-0.05, 0) is 43.5 Å². The summed E-state index contributed by atoms with van der Waals surface area (Å²) in [6.07, 6.45) is 0.438. The van der Waals surface area contributed by atoms with Crippen LogP contribution in [-0.4, -0.2) is 26.6 Å². The molecule has 0 unspecified atom stereocenters. The van der Waals surface area contributed by atoms with Crippen LogP contribution in [0.4, 0.5) is 0 Å². The Hall–Kier alpha value is -3.13. The van der Waals surface area contributed by atoms with E-state index < -0.39 is 0 Å². The first-order valence-corrected chi connectivity index (χ1v) is 9.51. The second-order valence-corrected chi connectivity index (χ2v) is 7.33. The van der Waals surface area contributed by atoms with Gasteiger partial charge in [0.15, 0.2) is 0 Å². The van der Waals surface area contributed by atoms with E-state index in [9.17, 15) is 14.4 Å². The number of benzene rings is 1. The average molecular weight is 416 g/mol. The molecule has 0 bridgehead atoms. The van der Waals surface area contributed by atoms with Gasteiger partial charge in [-0.1, -0.05) is 23.7 Å². The first-order valence-electron chi connectivity index (χ1n) is 9.13. The monoisotopic (exact) mass is 415 g/mol. The molecule has 0 aliphatic carbocycles. The molecule has 0 atom stereocenters. The minimum absolute atomic E-state index is 0.0654. The number of carbonyl (C=O) groups is 2. The molecule has 0 spiro atoms. The lowest BCUT2D eigenvalue weighted by molar-refractivity contribution is -0.128. The molecule has 0 aliphatic heterocycles. The number of aromatic nitrogens is 3. The summed E-state index contributed by atoms with van der Waals surface area (Å²) in [5, 5.41) is 5.81. The fourth-order valence-electron chi connectivity index (χ4n) is 3.33. The molecule has 0 radical (unpaired) electrons. The highest BCUT2D eigenvalue weighted by Crippen LogP contribution is 2.21. The van der Waals surface area contributed by atoms with E-state index in [0.717, 1.165) is 22.2 Å². The zero-order chi connectivity index (χ0) is 21.1. The molecule has 3 aromatic rings. The number of aryl methyl sites for hydroxylation is 3. The van der Waals surface area contributed by atoms with Crippen LogP contribution in [0, 0.1) is 13.8 Å². The van der Waals surface area contributed by atoms with Crippen molar-refractivity contribution in [3.63, 3.8) is 0 Å². The molecule has 3 N–H and O–H groups in total. The maximum absolute atomic E-state index is 12.4. The van der Waals surface area contributed by atoms with Crippen LogP contribution in [0.5, 0.6) is 0 Å². The SMILES string of the molecule is Cc1nn(C)c2[nH]c(=O)c(CCC(=O)NNC(=O)Cc3ccc(Cl)cc3)c(C)c12. The van der Waals surface area contributed by atoms with Gasteiger partial charge in [-0.15, -0.1) is 0 Å². The number of fused-ring (bicyclic) bond motifs is 1. The predicted molar refractivity (Wildman–Crippen MR) is 111 cm³/mol. The van der Waals surface area contributed by atoms with Crippen molar-refractivity contribution in [3.8, 4) is 0 Å². The number of hydrogen-bond acceptors (Lipinski definition) is 4. The van der Waals surface area contributed by atoms with Gasteiger partial charge in [0.25, 0.3) is 5.56 Å². The van der Waals surface area contributed by atoms with Gasteiger partial charge >= 0.3 is 0 Å². The number of H-pyrrole nitrogens is 1. The van der Waals surface area contributed by atoms with Gasteiger partial charge in [-0.2, -0.15) is 5.10 Å². The van der Waals surface area contributed by atoms with E-state index in [2.05, 4.69) is 20.9 Å². The number of rotatable bonds is 5. The molecule has 29 heavy (non-hydrogen) atoms. The molecular weight excluding hydrogens is 394 g/mol. The highest BCUT2D eigenvalue weighted by molar-refractivity contribution is 6.30. The molecular formula is C20H22ClN5O3. The van der Waals surface area contributed by atoms with Crippen molar-refractivity contribution in [3.05, 3.63) is 62.0 Å². The van der Waals surface area contributed by atoms with Gasteiger partial charge in [0.2, 0.25) is 11.8 Å². The van der Waals surface area contributed by atoms with Gasteiger partial charge in [-0.25, -0.2) is 0 Å². The number of amides is 2. The van der Waals surface area contributed by atoms with Crippen LogP contribution in [0.3, 0.4) is 0 Å². The van der Waals surface area contributed by atoms with Crippen molar-refractivity contribution in [2.24, 2.45) is 7.05 Å². The maximum atomic E-state index is 12.4. The Bertz CT molecular complexity index is 1130. The first kappa shape index (κ1) is 20.6. The highest BCUT2D eigenvalue weighted by atomic mass is 35.5. The van der Waals surface area contributed by atoms with Crippen LogP contribution >= 0.6 is 11.6 Å². The van der Waals surface area contributed by atoms with Crippen molar-refractivity contribution in [1.29, 1.82) is 0 Å². The van der Waals surface area contributed by atoms with Crippen molar-refractivity contribution in [2.45, 2.75) is 33.1 Å². The Kier molecular flexibility index (Phi) is 6.03. The van der Waals surface area contributed by atoms with Gasteiger partial charge in [0, 0.05) is 29.4 Å². The zero-order valence-electron chi connectivity index (χ0n) is 16.4. The average Bonchev–Trinajstić information content (AvgIpc) is 2.95. The third-order valence-electron chi connectivity index (χ3n) is 4.78. The quantitative estimate of drug-likeness (QED) is 0.552. The third kappa shape index (κ3) is 4.65. The lowest BCUT2D eigenvalue weighted by atomic mass is 10.0. The maximum Gasteiger partial charge on any atom is 0.253 e. The first-order chi connectivity index (χ1) is 13.8. The fourth-order valence-corrected chi connectivity index (χ4v) is 3.45. The smallest absolute Gasteiger partial charge is 0.253 e. The van der Waals surface area contributed by atoms with Crippen molar-refractivity contribution in [2.75, 3.05) is 0 Å². The van der Waals surface area contributed by atoms with Crippen LogP contribution in [-0.2, 0) is 29.5 Å². The number of carbonyl (C=O) groups excluding carboxylic acids is 2. The van der Waals surface area contributed by atoms with Crippen LogP contribution < -0.4 is 16.4 Å². The van der Waals surface area contributed by atoms with Gasteiger partial charge < -0.3 is 4.98 Å². The van der Waals surface area contributed by atoms with Gasteiger partial charge in [0.1, 0.15) is 5.65 Å². The molecule has 9 heteroatoms. The second-order valence-electron chi connectivity index (χ2n) is 6.89. The summed E-state index contributed by atoms with van der Waals surface area (Å²) in [6.45, 7) is 3.73. The lowest BCUT2D eigenvalue weighted by Gasteiger charge is -2.09. The Labute approximate surface area is 172 Å². The van der Waals surface area contributed by atoms with E-state index >= 15 is 0 Å². The Morgan fingerprint density at radius 1 is 1.14 bits per heavy atom. The van der Waals surface area contributed by atoms with Crippen molar-refractivity contribution >= 4 is 34.4 Å². The van der Waals surface area contributed by atoms with Crippen molar-refractivity contribution in [1.82, 2.24) is 25.6 Å². The van der Waals surface area contributed by atoms with E-state index in [1.54, 1.807) is 36.0 Å². The lowest BCUT2D eigenvalue weighted by Crippen LogP contribution is -2.42. The molecule has 2 amide bonds. The van der Waals surface area contributed by atoms with Crippen LogP contribution in [0.2, 0.25) is 5.02 Å². The summed E-state index contributed by atoms with van der Waals surface area (Å²) >= 11 is 5.81. The van der Waals surface area contributed by atoms with Crippen LogP contribution in [0.15, 0.2) is 29.1 Å². The number of pyridine rings is 1. The summed E-state index contributed by atoms with van der Waals surface area (Å²) in [4.78, 5) is 39.3. The van der Waals surface area contributed by atoms with E-state index in [1.807, 2.05) is 13.8 Å². The highest BCUT2D eigenvalue weighted by Gasteiger charge is 2.16. The van der Waals surface area contributed by atoms with E-state index in [4.69, 9.17) is 11.6 Å².